The second-order valence-electron chi connectivity index (χ2n) is 10.1. The van der Waals surface area contributed by atoms with Gasteiger partial charge in [0.15, 0.2) is 23.0 Å². The van der Waals surface area contributed by atoms with Gasteiger partial charge in [-0.25, -0.2) is 0 Å². The minimum absolute atomic E-state index is 0.0188. The number of aromatic hydroxyl groups is 1. The Balaban J connectivity index is 1.35. The van der Waals surface area contributed by atoms with Gasteiger partial charge < -0.3 is 24.8 Å². The predicted molar refractivity (Wildman–Crippen MR) is 141 cm³/mol. The van der Waals surface area contributed by atoms with Crippen LogP contribution in [0.2, 0.25) is 0 Å². The molecule has 1 fully saturated rings. The van der Waals surface area contributed by atoms with Crippen molar-refractivity contribution in [1.29, 1.82) is 0 Å². The average molecular weight is 519 g/mol. The van der Waals surface area contributed by atoms with Crippen molar-refractivity contribution in [3.05, 3.63) is 68.9 Å². The molecule has 1 aromatic heterocycles. The number of phenolic OH excluding ortho intramolecular Hbond substituents is 1. The van der Waals surface area contributed by atoms with Crippen molar-refractivity contribution < 1.29 is 24.2 Å². The van der Waals surface area contributed by atoms with Crippen LogP contribution in [0.25, 0.3) is 0 Å². The second-order valence-corrected chi connectivity index (χ2v) is 11.0. The topological polar surface area (TPSA) is 88.1 Å². The van der Waals surface area contributed by atoms with Crippen LogP contribution in [0, 0.1) is 0 Å². The first-order valence-electron chi connectivity index (χ1n) is 12.9. The Hall–Kier alpha value is -3.52. The van der Waals surface area contributed by atoms with Crippen LogP contribution in [0.3, 0.4) is 0 Å². The van der Waals surface area contributed by atoms with Crippen LogP contribution in [0.4, 0.5) is 0 Å². The van der Waals surface area contributed by atoms with Crippen molar-refractivity contribution in [3.8, 4) is 23.0 Å². The monoisotopic (exact) mass is 518 g/mol. The van der Waals surface area contributed by atoms with Crippen molar-refractivity contribution >= 4 is 23.2 Å². The van der Waals surface area contributed by atoms with Crippen molar-refractivity contribution in [2.45, 2.75) is 50.5 Å². The molecule has 2 amide bonds. The highest BCUT2D eigenvalue weighted by atomic mass is 32.1. The van der Waals surface area contributed by atoms with Gasteiger partial charge in [-0.15, -0.1) is 11.3 Å². The number of methoxy groups -OCH3 is 1. The summed E-state index contributed by atoms with van der Waals surface area (Å²) in [5.41, 5.74) is 4.37. The van der Waals surface area contributed by atoms with Gasteiger partial charge in [-0.05, 0) is 84.0 Å². The lowest BCUT2D eigenvalue weighted by molar-refractivity contribution is -0.121. The Bertz CT molecular complexity index is 1370. The first-order valence-corrected chi connectivity index (χ1v) is 13.7. The van der Waals surface area contributed by atoms with Gasteiger partial charge in [0.2, 0.25) is 5.91 Å². The molecule has 0 spiro atoms. The zero-order chi connectivity index (χ0) is 25.5. The van der Waals surface area contributed by atoms with Crippen LogP contribution in [-0.2, 0) is 24.1 Å². The number of rotatable bonds is 2. The number of hydrogen-bond donors (Lipinski definition) is 2. The number of likely N-dealkylation sites (tertiary alicyclic amines) is 1. The number of fused-ring (bicyclic) bond motifs is 7. The summed E-state index contributed by atoms with van der Waals surface area (Å²) < 4.78 is 11.7. The molecule has 3 aliphatic rings. The van der Waals surface area contributed by atoms with Gasteiger partial charge in [-0.3, -0.25) is 9.59 Å². The van der Waals surface area contributed by atoms with Crippen LogP contribution < -0.4 is 14.8 Å². The number of aryl methyl sites for hydroxylation is 2. The lowest BCUT2D eigenvalue weighted by Gasteiger charge is -2.21. The third-order valence-electron chi connectivity index (χ3n) is 7.75. The smallest absolute Gasteiger partial charge is 0.264 e. The Kier molecular flexibility index (Phi) is 6.28. The van der Waals surface area contributed by atoms with E-state index in [2.05, 4.69) is 10.7 Å². The molecule has 2 aliphatic heterocycles. The highest BCUT2D eigenvalue weighted by Crippen LogP contribution is 2.41. The maximum absolute atomic E-state index is 13.7. The molecule has 2 N–H and O–H groups in total. The van der Waals surface area contributed by atoms with E-state index in [9.17, 15) is 14.7 Å². The van der Waals surface area contributed by atoms with E-state index in [-0.39, 0.29) is 29.5 Å². The molecule has 0 saturated carbocycles. The van der Waals surface area contributed by atoms with Gasteiger partial charge in [-0.2, -0.15) is 0 Å². The lowest BCUT2D eigenvalue weighted by atomic mass is 9.93. The molecule has 37 heavy (non-hydrogen) atoms. The zero-order valence-corrected chi connectivity index (χ0v) is 21.6. The summed E-state index contributed by atoms with van der Waals surface area (Å²) >= 11 is 1.56. The Morgan fingerprint density at radius 2 is 1.95 bits per heavy atom. The van der Waals surface area contributed by atoms with Crippen LogP contribution in [0.15, 0.2) is 41.8 Å². The van der Waals surface area contributed by atoms with Crippen LogP contribution >= 0.6 is 11.3 Å². The minimum Gasteiger partial charge on any atom is -0.504 e. The third-order valence-corrected chi connectivity index (χ3v) is 8.81. The Morgan fingerprint density at radius 1 is 1.08 bits per heavy atom. The summed E-state index contributed by atoms with van der Waals surface area (Å²) in [5.74, 6) is 1.26. The number of phenols is 1. The molecular formula is C29H30N2O5S. The van der Waals surface area contributed by atoms with Crippen LogP contribution in [0.1, 0.15) is 57.1 Å². The molecule has 0 unspecified atom stereocenters. The summed E-state index contributed by atoms with van der Waals surface area (Å²) in [5, 5.41) is 15.8. The van der Waals surface area contributed by atoms with E-state index in [1.54, 1.807) is 36.6 Å². The molecule has 2 aromatic carbocycles. The highest BCUT2D eigenvalue weighted by molar-refractivity contribution is 7.12. The molecule has 1 aliphatic carbocycles. The highest BCUT2D eigenvalue weighted by Gasteiger charge is 2.39. The second kappa shape index (κ2) is 9.74. The predicted octanol–water partition coefficient (Wildman–Crippen LogP) is 4.80. The first kappa shape index (κ1) is 23.9. The number of hydrogen-bond acceptors (Lipinski definition) is 6. The zero-order valence-electron chi connectivity index (χ0n) is 20.8. The quantitative estimate of drug-likeness (QED) is 0.509. The fourth-order valence-electron chi connectivity index (χ4n) is 5.75. The van der Waals surface area contributed by atoms with E-state index < -0.39 is 0 Å². The molecule has 1 saturated heterocycles. The van der Waals surface area contributed by atoms with E-state index in [1.807, 2.05) is 23.1 Å². The van der Waals surface area contributed by atoms with Gasteiger partial charge in [0.1, 0.15) is 0 Å². The molecule has 2 atom stereocenters. The number of carbonyl (C=O) groups is 2. The van der Waals surface area contributed by atoms with E-state index in [0.717, 1.165) is 35.3 Å². The molecule has 6 rings (SSSR count). The molecule has 192 valence electrons. The normalized spacial score (nSPS) is 20.9. The summed E-state index contributed by atoms with van der Waals surface area (Å²) in [6, 6.07) is 10.6. The largest absolute Gasteiger partial charge is 0.504 e. The molecule has 4 bridgehead atoms. The van der Waals surface area contributed by atoms with Crippen LogP contribution in [0.5, 0.6) is 23.0 Å². The van der Waals surface area contributed by atoms with Gasteiger partial charge in [0, 0.05) is 25.4 Å². The standard InChI is InChI=1S/C29H30N2O5S/c1-35-24-10-8-18-13-26(24)36-25-12-17(6-9-23(25)32)7-11-27(33)30-22-15-31(14-21(18)22)29(34)28-20-5-3-2-4-19(20)16-37-28/h6,8-10,12-13,16,21-22,32H,2-5,7,11,14-15H2,1H3,(H,30,33)/t21-,22+/m0/s1. The van der Waals surface area contributed by atoms with Crippen molar-refractivity contribution in [3.63, 3.8) is 0 Å². The summed E-state index contributed by atoms with van der Waals surface area (Å²) in [7, 11) is 1.58. The maximum Gasteiger partial charge on any atom is 0.264 e. The molecule has 0 radical (unpaired) electrons. The maximum atomic E-state index is 13.7. The van der Waals surface area contributed by atoms with Gasteiger partial charge in [0.05, 0.1) is 18.0 Å². The van der Waals surface area contributed by atoms with Gasteiger partial charge >= 0.3 is 0 Å². The van der Waals surface area contributed by atoms with Gasteiger partial charge in [-0.1, -0.05) is 12.1 Å². The summed E-state index contributed by atoms with van der Waals surface area (Å²) in [6.07, 6.45) is 5.13. The molecule has 3 heterocycles. The Labute approximate surface area is 220 Å². The number of ether oxygens (including phenoxy) is 2. The molecule has 7 nitrogen and oxygen atoms in total. The molecular weight excluding hydrogens is 488 g/mol. The van der Waals surface area contributed by atoms with Gasteiger partial charge in [0.25, 0.3) is 5.91 Å². The fourth-order valence-corrected chi connectivity index (χ4v) is 6.88. The molecule has 3 aromatic rings. The number of nitrogens with zero attached hydrogens (tertiary/aromatic N) is 1. The number of amides is 2. The van der Waals surface area contributed by atoms with Crippen molar-refractivity contribution in [2.75, 3.05) is 20.2 Å². The summed E-state index contributed by atoms with van der Waals surface area (Å²) in [6.45, 7) is 0.958. The van der Waals surface area contributed by atoms with E-state index in [0.29, 0.717) is 43.2 Å². The lowest BCUT2D eigenvalue weighted by Crippen LogP contribution is -2.40. The third kappa shape index (κ3) is 4.55. The van der Waals surface area contributed by atoms with E-state index >= 15 is 0 Å². The summed E-state index contributed by atoms with van der Waals surface area (Å²) in [4.78, 5) is 29.4. The van der Waals surface area contributed by atoms with Crippen molar-refractivity contribution in [2.24, 2.45) is 0 Å². The number of nitrogens with one attached hydrogen (secondary N) is 1. The van der Waals surface area contributed by atoms with Crippen molar-refractivity contribution in [1.82, 2.24) is 10.2 Å². The van der Waals surface area contributed by atoms with E-state index in [4.69, 9.17) is 9.47 Å². The average Bonchev–Trinajstić information content (AvgIpc) is 3.53. The first-order chi connectivity index (χ1) is 18.0. The Morgan fingerprint density at radius 3 is 2.81 bits per heavy atom. The fraction of sp³-hybridized carbons (Fsp3) is 0.379. The van der Waals surface area contributed by atoms with E-state index in [1.165, 1.54) is 17.5 Å². The SMILES string of the molecule is COc1ccc2cc1Oc1cc(ccc1O)CCC(=O)N[C@@H]1CN(C(=O)c3scc4c3CCCC4)C[C@@H]21. The number of benzene rings is 2. The number of carbonyl (C=O) groups excluding carboxylic acids is 2. The number of thiophene rings is 1. The molecule has 8 heteroatoms. The van der Waals surface area contributed by atoms with Crippen LogP contribution in [-0.4, -0.2) is 48.1 Å². The minimum atomic E-state index is -0.217.